The van der Waals surface area contributed by atoms with E-state index in [4.69, 9.17) is 10.5 Å². The Morgan fingerprint density at radius 2 is 2.29 bits per heavy atom. The van der Waals surface area contributed by atoms with E-state index < -0.39 is 0 Å². The third-order valence-corrected chi connectivity index (χ3v) is 3.59. The number of para-hydroxylation sites is 1. The molecule has 0 bridgehead atoms. The maximum absolute atomic E-state index is 5.84. The number of nitrogen functional groups attached to an aromatic ring is 1. The molecule has 0 aliphatic carbocycles. The molecule has 0 radical (unpaired) electrons. The normalized spacial score (nSPS) is 21.3. The minimum atomic E-state index is 0.430. The van der Waals surface area contributed by atoms with E-state index in [1.165, 1.54) is 17.7 Å². The van der Waals surface area contributed by atoms with Gasteiger partial charge in [0.1, 0.15) is 0 Å². The lowest BCUT2D eigenvalue weighted by molar-refractivity contribution is 0.129. The number of rotatable bonds is 3. The second-order valence-electron chi connectivity index (χ2n) is 3.48. The van der Waals surface area contributed by atoms with Gasteiger partial charge in [0.05, 0.1) is 6.10 Å². The molecule has 1 fully saturated rings. The first-order valence-corrected chi connectivity index (χ1v) is 5.94. The molecule has 3 heteroatoms. The van der Waals surface area contributed by atoms with Crippen LogP contribution in [0, 0.1) is 0 Å². The molecule has 1 aromatic rings. The minimum Gasteiger partial charge on any atom is -0.398 e. The Hall–Kier alpha value is -0.670. The molecule has 0 aromatic heterocycles. The Morgan fingerprint density at radius 1 is 1.43 bits per heavy atom. The van der Waals surface area contributed by atoms with E-state index in [2.05, 4.69) is 6.07 Å². The summed E-state index contributed by atoms with van der Waals surface area (Å²) in [5, 5.41) is 0. The highest BCUT2D eigenvalue weighted by molar-refractivity contribution is 7.99. The number of anilines is 1. The van der Waals surface area contributed by atoms with Gasteiger partial charge < -0.3 is 10.5 Å². The number of benzene rings is 1. The first kappa shape index (κ1) is 9.87. The molecule has 0 amide bonds. The van der Waals surface area contributed by atoms with E-state index in [1.54, 1.807) is 11.8 Å². The van der Waals surface area contributed by atoms with E-state index in [-0.39, 0.29) is 0 Å². The monoisotopic (exact) mass is 209 g/mol. The van der Waals surface area contributed by atoms with Gasteiger partial charge >= 0.3 is 0 Å². The molecule has 1 aliphatic rings. The molecule has 1 saturated heterocycles. The van der Waals surface area contributed by atoms with Crippen molar-refractivity contribution in [1.82, 2.24) is 0 Å². The zero-order valence-corrected chi connectivity index (χ0v) is 8.93. The number of hydrogen-bond donors (Lipinski definition) is 1. The Bertz CT molecular complexity index is 297. The van der Waals surface area contributed by atoms with Crippen LogP contribution in [0.5, 0.6) is 0 Å². The van der Waals surface area contributed by atoms with Gasteiger partial charge in [-0.3, -0.25) is 0 Å². The van der Waals surface area contributed by atoms with Crippen molar-refractivity contribution in [2.24, 2.45) is 0 Å². The number of ether oxygens (including phenoxy) is 1. The Morgan fingerprint density at radius 3 is 3.00 bits per heavy atom. The van der Waals surface area contributed by atoms with Gasteiger partial charge in [0.15, 0.2) is 0 Å². The molecule has 2 nitrogen and oxygen atoms in total. The lowest BCUT2D eigenvalue weighted by atomic mass is 10.3. The molecule has 1 aromatic carbocycles. The van der Waals surface area contributed by atoms with E-state index in [0.29, 0.717) is 6.10 Å². The van der Waals surface area contributed by atoms with Gasteiger partial charge in [-0.1, -0.05) is 12.1 Å². The standard InChI is InChI=1S/C11H15NOS/c12-10-5-1-2-6-11(10)14-8-9-4-3-7-13-9/h1-2,5-6,9H,3-4,7-8,12H2. The van der Waals surface area contributed by atoms with Gasteiger partial charge in [-0.15, -0.1) is 11.8 Å². The number of nitrogens with two attached hydrogens (primary N) is 1. The summed E-state index contributed by atoms with van der Waals surface area (Å²) in [6.07, 6.45) is 2.83. The average Bonchev–Trinajstić information content (AvgIpc) is 2.69. The molecular formula is C11H15NOS. The minimum absolute atomic E-state index is 0.430. The molecule has 2 rings (SSSR count). The first-order chi connectivity index (χ1) is 6.86. The van der Waals surface area contributed by atoms with Gasteiger partial charge in [-0.2, -0.15) is 0 Å². The molecular weight excluding hydrogens is 194 g/mol. The van der Waals surface area contributed by atoms with Crippen LogP contribution in [0.4, 0.5) is 5.69 Å². The summed E-state index contributed by atoms with van der Waals surface area (Å²) in [6, 6.07) is 7.99. The molecule has 0 spiro atoms. The maximum atomic E-state index is 5.84. The van der Waals surface area contributed by atoms with Crippen LogP contribution >= 0.6 is 11.8 Å². The predicted octanol–water partition coefficient (Wildman–Crippen LogP) is 2.54. The highest BCUT2D eigenvalue weighted by Crippen LogP contribution is 2.27. The molecule has 1 aliphatic heterocycles. The van der Waals surface area contributed by atoms with Gasteiger partial charge in [0.25, 0.3) is 0 Å². The van der Waals surface area contributed by atoms with Crippen molar-refractivity contribution in [2.75, 3.05) is 18.1 Å². The fraction of sp³-hybridized carbons (Fsp3) is 0.455. The molecule has 0 saturated carbocycles. The van der Waals surface area contributed by atoms with Crippen molar-refractivity contribution < 1.29 is 4.74 Å². The van der Waals surface area contributed by atoms with Crippen LogP contribution in [-0.2, 0) is 4.74 Å². The van der Waals surface area contributed by atoms with Gasteiger partial charge in [-0.25, -0.2) is 0 Å². The summed E-state index contributed by atoms with van der Waals surface area (Å²) in [6.45, 7) is 0.926. The largest absolute Gasteiger partial charge is 0.398 e. The van der Waals surface area contributed by atoms with Gasteiger partial charge in [-0.05, 0) is 25.0 Å². The smallest absolute Gasteiger partial charge is 0.0669 e. The molecule has 2 N–H and O–H groups in total. The third-order valence-electron chi connectivity index (χ3n) is 2.37. The van der Waals surface area contributed by atoms with Crippen LogP contribution in [-0.4, -0.2) is 18.5 Å². The predicted molar refractivity (Wildman–Crippen MR) is 60.6 cm³/mol. The van der Waals surface area contributed by atoms with Crippen molar-refractivity contribution in [3.05, 3.63) is 24.3 Å². The van der Waals surface area contributed by atoms with Crippen molar-refractivity contribution in [3.8, 4) is 0 Å². The lowest BCUT2D eigenvalue weighted by Crippen LogP contribution is -2.07. The fourth-order valence-corrected chi connectivity index (χ4v) is 2.61. The molecule has 14 heavy (non-hydrogen) atoms. The van der Waals surface area contributed by atoms with E-state index in [1.807, 2.05) is 18.2 Å². The lowest BCUT2D eigenvalue weighted by Gasteiger charge is -2.09. The third kappa shape index (κ3) is 2.42. The van der Waals surface area contributed by atoms with E-state index >= 15 is 0 Å². The van der Waals surface area contributed by atoms with Crippen molar-refractivity contribution in [1.29, 1.82) is 0 Å². The Labute approximate surface area is 88.8 Å². The summed E-state index contributed by atoms with van der Waals surface area (Å²) < 4.78 is 5.55. The average molecular weight is 209 g/mol. The molecule has 1 atom stereocenters. The van der Waals surface area contributed by atoms with Crippen molar-refractivity contribution in [2.45, 2.75) is 23.8 Å². The highest BCUT2D eigenvalue weighted by Gasteiger charge is 2.15. The van der Waals surface area contributed by atoms with Crippen molar-refractivity contribution >= 4 is 17.4 Å². The van der Waals surface area contributed by atoms with Crippen LogP contribution in [0.15, 0.2) is 29.2 Å². The zero-order valence-electron chi connectivity index (χ0n) is 8.11. The quantitative estimate of drug-likeness (QED) is 0.613. The Balaban J connectivity index is 1.88. The highest BCUT2D eigenvalue weighted by atomic mass is 32.2. The number of thioether (sulfide) groups is 1. The van der Waals surface area contributed by atoms with E-state index in [9.17, 15) is 0 Å². The summed E-state index contributed by atoms with van der Waals surface area (Å²) in [7, 11) is 0. The fourth-order valence-electron chi connectivity index (χ4n) is 1.57. The SMILES string of the molecule is Nc1ccccc1SCC1CCCO1. The maximum Gasteiger partial charge on any atom is 0.0669 e. The summed E-state index contributed by atoms with van der Waals surface area (Å²) in [5.74, 6) is 1.02. The van der Waals surface area contributed by atoms with Gasteiger partial charge in [0.2, 0.25) is 0 Å². The molecule has 1 heterocycles. The van der Waals surface area contributed by atoms with Gasteiger partial charge in [0, 0.05) is 22.9 Å². The first-order valence-electron chi connectivity index (χ1n) is 4.95. The topological polar surface area (TPSA) is 35.2 Å². The summed E-state index contributed by atoms with van der Waals surface area (Å²) in [4.78, 5) is 1.17. The zero-order chi connectivity index (χ0) is 9.80. The van der Waals surface area contributed by atoms with E-state index in [0.717, 1.165) is 18.0 Å². The second-order valence-corrected chi connectivity index (χ2v) is 4.55. The van der Waals surface area contributed by atoms with Crippen LogP contribution in [0.2, 0.25) is 0 Å². The number of hydrogen-bond acceptors (Lipinski definition) is 3. The van der Waals surface area contributed by atoms with Crippen LogP contribution in [0.1, 0.15) is 12.8 Å². The Kier molecular flexibility index (Phi) is 3.32. The second kappa shape index (κ2) is 4.71. The van der Waals surface area contributed by atoms with Crippen LogP contribution in [0.3, 0.4) is 0 Å². The van der Waals surface area contributed by atoms with Crippen LogP contribution < -0.4 is 5.73 Å². The summed E-state index contributed by atoms with van der Waals surface area (Å²) in [5.41, 5.74) is 6.71. The van der Waals surface area contributed by atoms with Crippen LogP contribution in [0.25, 0.3) is 0 Å². The van der Waals surface area contributed by atoms with Crippen molar-refractivity contribution in [3.63, 3.8) is 0 Å². The molecule has 76 valence electrons. The molecule has 1 unspecified atom stereocenters. The summed E-state index contributed by atoms with van der Waals surface area (Å²) >= 11 is 1.79.